The number of aromatic nitrogens is 2. The number of aliphatic hydroxyl groups excluding tert-OH is 1. The molecule has 0 fully saturated rings. The number of amidine groups is 1. The fourth-order valence-corrected chi connectivity index (χ4v) is 3.90. The van der Waals surface area contributed by atoms with Gasteiger partial charge < -0.3 is 29.6 Å². The van der Waals surface area contributed by atoms with Crippen molar-refractivity contribution >= 4 is 22.7 Å². The molecule has 0 bridgehead atoms. The van der Waals surface area contributed by atoms with E-state index in [1.165, 1.54) is 31.5 Å². The predicted molar refractivity (Wildman–Crippen MR) is 132 cm³/mol. The number of aliphatic imine (C=N–C) groups is 1. The number of hydrogen-bond acceptors (Lipinski definition) is 7. The molecule has 11 heteroatoms. The summed E-state index contributed by atoms with van der Waals surface area (Å²) in [6, 6.07) is 7.99. The van der Waals surface area contributed by atoms with E-state index in [0.717, 1.165) is 12.1 Å². The van der Waals surface area contributed by atoms with Gasteiger partial charge in [0.05, 0.1) is 25.6 Å². The van der Waals surface area contributed by atoms with Gasteiger partial charge in [0.15, 0.2) is 17.4 Å². The summed E-state index contributed by atoms with van der Waals surface area (Å²) in [5, 5.41) is 12.5. The summed E-state index contributed by atoms with van der Waals surface area (Å²) in [6.45, 7) is 2.21. The molecule has 5 rings (SSSR count). The number of hydrogen-bond donors (Lipinski definition) is 3. The Morgan fingerprint density at radius 2 is 1.89 bits per heavy atom. The number of anilines is 1. The van der Waals surface area contributed by atoms with Crippen molar-refractivity contribution in [3.63, 3.8) is 0 Å². The van der Waals surface area contributed by atoms with Crippen LogP contribution in [0.4, 0.5) is 18.9 Å². The van der Waals surface area contributed by atoms with E-state index in [1.807, 2.05) is 6.92 Å². The number of ether oxygens (including phenoxy) is 3. The Labute approximate surface area is 209 Å². The van der Waals surface area contributed by atoms with E-state index in [0.29, 0.717) is 28.9 Å². The highest BCUT2D eigenvalue weighted by Crippen LogP contribution is 2.39. The van der Waals surface area contributed by atoms with Gasteiger partial charge in [-0.25, -0.2) is 23.1 Å². The lowest BCUT2D eigenvalue weighted by Crippen LogP contribution is -2.38. The summed E-state index contributed by atoms with van der Waals surface area (Å²) < 4.78 is 61.0. The van der Waals surface area contributed by atoms with Crippen molar-refractivity contribution in [3.8, 4) is 28.4 Å². The minimum Gasteiger partial charge on any atom is -0.497 e. The molecule has 192 valence electrons. The molecule has 0 amide bonds. The summed E-state index contributed by atoms with van der Waals surface area (Å²) in [7, 11) is 1.43. The van der Waals surface area contributed by atoms with Crippen LogP contribution in [0.1, 0.15) is 6.92 Å². The van der Waals surface area contributed by atoms with E-state index < -0.39 is 28.6 Å². The second-order valence-electron chi connectivity index (χ2n) is 8.96. The third-order valence-corrected chi connectivity index (χ3v) is 6.01. The van der Waals surface area contributed by atoms with Gasteiger partial charge in [0, 0.05) is 52.8 Å². The molecular weight excluding hydrogens is 489 g/mol. The van der Waals surface area contributed by atoms with Crippen molar-refractivity contribution in [2.75, 3.05) is 32.2 Å². The molecule has 0 spiro atoms. The molecule has 8 nitrogen and oxygen atoms in total. The molecule has 3 heterocycles. The maximum atomic E-state index is 15.0. The molecule has 2 aromatic carbocycles. The Morgan fingerprint density at radius 1 is 1.11 bits per heavy atom. The van der Waals surface area contributed by atoms with Crippen LogP contribution in [0.25, 0.3) is 22.2 Å². The number of rotatable bonds is 6. The molecule has 0 radical (unpaired) electrons. The molecule has 3 N–H and O–H groups in total. The molecule has 0 saturated heterocycles. The maximum absolute atomic E-state index is 15.0. The quantitative estimate of drug-likeness (QED) is 0.327. The first-order chi connectivity index (χ1) is 17.8. The lowest BCUT2D eigenvalue weighted by atomic mass is 9.93. The first-order valence-electron chi connectivity index (χ1n) is 11.3. The largest absolute Gasteiger partial charge is 0.497 e. The zero-order valence-electron chi connectivity index (χ0n) is 19.9. The molecule has 1 aliphatic heterocycles. The lowest BCUT2D eigenvalue weighted by molar-refractivity contribution is 0.0706. The zero-order chi connectivity index (χ0) is 26.2. The lowest BCUT2D eigenvalue weighted by Gasteiger charge is -2.30. The summed E-state index contributed by atoms with van der Waals surface area (Å²) in [6.07, 6.45) is 2.95. The van der Waals surface area contributed by atoms with Crippen LogP contribution in [-0.4, -0.2) is 48.0 Å². The molecule has 1 atom stereocenters. The van der Waals surface area contributed by atoms with E-state index in [-0.39, 0.29) is 36.2 Å². The van der Waals surface area contributed by atoms with Crippen molar-refractivity contribution in [2.45, 2.75) is 6.92 Å². The number of methoxy groups -OCH3 is 1. The number of benzene rings is 2. The maximum Gasteiger partial charge on any atom is 0.289 e. The fourth-order valence-electron chi connectivity index (χ4n) is 3.90. The molecule has 1 aliphatic rings. The van der Waals surface area contributed by atoms with Crippen molar-refractivity contribution in [1.82, 2.24) is 9.97 Å². The first kappa shape index (κ1) is 24.4. The number of nitrogens with one attached hydrogen (secondary N) is 2. The van der Waals surface area contributed by atoms with E-state index in [2.05, 4.69) is 20.3 Å². The van der Waals surface area contributed by atoms with Crippen molar-refractivity contribution in [1.29, 1.82) is 0 Å². The number of nitrogens with zero attached hydrogens (tertiary/aromatic N) is 2. The van der Waals surface area contributed by atoms with Gasteiger partial charge in [-0.3, -0.25) is 0 Å². The van der Waals surface area contributed by atoms with Crippen molar-refractivity contribution in [2.24, 2.45) is 10.4 Å². The molecule has 0 aliphatic carbocycles. The second kappa shape index (κ2) is 9.66. The highest BCUT2D eigenvalue weighted by atomic mass is 19.1. The van der Waals surface area contributed by atoms with Crippen LogP contribution in [0.2, 0.25) is 0 Å². The fraction of sp³-hybridized carbons (Fsp3) is 0.231. The molecule has 1 unspecified atom stereocenters. The zero-order valence-corrected chi connectivity index (χ0v) is 19.9. The summed E-state index contributed by atoms with van der Waals surface area (Å²) in [4.78, 5) is 11.3. The van der Waals surface area contributed by atoms with E-state index >= 15 is 8.78 Å². The van der Waals surface area contributed by atoms with Crippen LogP contribution in [0, 0.1) is 22.9 Å². The average Bonchev–Trinajstić information content (AvgIpc) is 3.32. The minimum atomic E-state index is -0.975. The van der Waals surface area contributed by atoms with Gasteiger partial charge in [-0.2, -0.15) is 0 Å². The monoisotopic (exact) mass is 512 g/mol. The molecule has 2 aromatic heterocycles. The topological polar surface area (TPSA) is 101 Å². The second-order valence-corrected chi connectivity index (χ2v) is 8.96. The summed E-state index contributed by atoms with van der Waals surface area (Å²) in [5.41, 5.74) is 0.539. The predicted octanol–water partition coefficient (Wildman–Crippen LogP) is 5.24. The molecule has 4 aromatic rings. The van der Waals surface area contributed by atoms with E-state index in [1.54, 1.807) is 12.3 Å². The molecular formula is C26H23F3N4O4. The Hall–Kier alpha value is -4.25. The van der Waals surface area contributed by atoms with Gasteiger partial charge in [0.25, 0.3) is 6.02 Å². The first-order valence-corrected chi connectivity index (χ1v) is 11.3. The third-order valence-electron chi connectivity index (χ3n) is 6.01. The summed E-state index contributed by atoms with van der Waals surface area (Å²) >= 11 is 0. The van der Waals surface area contributed by atoms with Crippen molar-refractivity contribution in [3.05, 3.63) is 66.2 Å². The van der Waals surface area contributed by atoms with Gasteiger partial charge >= 0.3 is 0 Å². The third kappa shape index (κ3) is 4.77. The van der Waals surface area contributed by atoms with E-state index in [9.17, 15) is 9.50 Å². The minimum absolute atomic E-state index is 0.0659. The standard InChI is InChI=1S/C26H23F3N4O4/c1-26(12-34)11-32-25(36-13-26)33-14-7-19(28)23(20(29)8-14)37-21-5-6-30-24-22(21)17(10-31-24)16-4-3-15(35-2)9-18(16)27/h3-10,34H,11-13H2,1-2H3,(H,30,31)(H,32,33). The van der Waals surface area contributed by atoms with E-state index in [4.69, 9.17) is 14.2 Å². The van der Waals surface area contributed by atoms with Crippen LogP contribution in [0.5, 0.6) is 17.2 Å². The number of H-pyrrole nitrogens is 1. The average molecular weight is 512 g/mol. The van der Waals surface area contributed by atoms with Crippen LogP contribution < -0.4 is 14.8 Å². The highest BCUT2D eigenvalue weighted by molar-refractivity contribution is 5.98. The SMILES string of the molecule is COc1ccc(-c2c[nH]c3nccc(Oc4c(F)cc(NC5=NCC(C)(CO)CO5)cc4F)c23)c(F)c1. The molecule has 37 heavy (non-hydrogen) atoms. The molecule has 0 saturated carbocycles. The number of aliphatic hydroxyl groups is 1. The highest BCUT2D eigenvalue weighted by Gasteiger charge is 2.29. The number of aromatic amines is 1. The van der Waals surface area contributed by atoms with Crippen LogP contribution in [0.15, 0.2) is 53.8 Å². The van der Waals surface area contributed by atoms with Crippen LogP contribution >= 0.6 is 0 Å². The van der Waals surface area contributed by atoms with Gasteiger partial charge in [-0.05, 0) is 18.2 Å². The number of pyridine rings is 1. The normalized spacial score (nSPS) is 17.3. The Kier molecular flexibility index (Phi) is 6.38. The van der Waals surface area contributed by atoms with Crippen molar-refractivity contribution < 1.29 is 32.5 Å². The smallest absolute Gasteiger partial charge is 0.289 e. The number of fused-ring (bicyclic) bond motifs is 1. The van der Waals surface area contributed by atoms with Gasteiger partial charge in [-0.15, -0.1) is 0 Å². The Bertz CT molecular complexity index is 1480. The summed E-state index contributed by atoms with van der Waals surface area (Å²) in [5.74, 6) is -2.71. The number of halogens is 3. The van der Waals surface area contributed by atoms with Gasteiger partial charge in [-0.1, -0.05) is 6.92 Å². The Balaban J connectivity index is 1.45. The van der Waals surface area contributed by atoms with Gasteiger partial charge in [0.2, 0.25) is 0 Å². The van der Waals surface area contributed by atoms with Crippen LogP contribution in [-0.2, 0) is 4.74 Å². The van der Waals surface area contributed by atoms with Gasteiger partial charge in [0.1, 0.15) is 29.6 Å². The van der Waals surface area contributed by atoms with Crippen LogP contribution in [0.3, 0.4) is 0 Å². The Morgan fingerprint density at radius 3 is 2.54 bits per heavy atom.